The Bertz CT molecular complexity index is 130. The Balaban J connectivity index is 2.71. The van der Waals surface area contributed by atoms with Crippen LogP contribution in [0, 0.1) is 11.8 Å². The molecule has 6 heavy (non-hydrogen) atoms. The fraction of sp³-hybridized carbons (Fsp3) is 0.333. The molecule has 0 radical (unpaired) electrons. The molecule has 0 aliphatic heterocycles. The van der Waals surface area contributed by atoms with Crippen LogP contribution in [0.4, 0.5) is 0 Å². The third kappa shape index (κ3) is 0.328. The van der Waals surface area contributed by atoms with Gasteiger partial charge in [-0.2, -0.15) is 0 Å². The lowest BCUT2D eigenvalue weighted by Gasteiger charge is -1.95. The highest BCUT2D eigenvalue weighted by molar-refractivity contribution is 5.40. The average Bonchev–Trinajstić information content (AvgIpc) is 1.31. The minimum Gasteiger partial charge on any atom is -0.0927 e. The molecular weight excluding hydrogens is 72.1 g/mol. The molecule has 0 unspecified atom stereocenters. The van der Waals surface area contributed by atoms with Gasteiger partial charge in [0.1, 0.15) is 0 Å². The van der Waals surface area contributed by atoms with Crippen molar-refractivity contribution in [2.24, 2.45) is 0 Å². The Hall–Kier alpha value is -0.700. The van der Waals surface area contributed by atoms with Gasteiger partial charge < -0.3 is 0 Å². The molecule has 1 aliphatic rings. The minimum absolute atomic E-state index is 1.01. The van der Waals surface area contributed by atoms with Crippen molar-refractivity contribution in [2.45, 2.75) is 13.3 Å². The lowest BCUT2D eigenvalue weighted by Crippen LogP contribution is -1.83. The Morgan fingerprint density at radius 2 is 2.50 bits per heavy atom. The normalized spacial score (nSPS) is 21.8. The maximum Gasteiger partial charge on any atom is 0.0420 e. The van der Waals surface area contributed by atoms with Gasteiger partial charge in [-0.05, 0) is 6.92 Å². The van der Waals surface area contributed by atoms with Crippen molar-refractivity contribution >= 4 is 0 Å². The zero-order valence-corrected chi connectivity index (χ0v) is 3.78. The lowest BCUT2D eigenvalue weighted by molar-refractivity contribution is 1.29. The molecule has 0 bridgehead atoms. The zero-order chi connectivity index (χ0) is 4.41. The van der Waals surface area contributed by atoms with E-state index in [0.717, 1.165) is 6.42 Å². The number of hydrogen-bond acceptors (Lipinski definition) is 0. The third-order valence-electron chi connectivity index (χ3n) is 0.876. The van der Waals surface area contributed by atoms with E-state index in [4.69, 9.17) is 0 Å². The van der Waals surface area contributed by atoms with Gasteiger partial charge in [-0.3, -0.25) is 0 Å². The average molecular weight is 78.1 g/mol. The molecule has 0 saturated heterocycles. The number of rotatable bonds is 0. The fourth-order valence-corrected chi connectivity index (χ4v) is 0.365. The van der Waals surface area contributed by atoms with E-state index < -0.39 is 0 Å². The molecular formula is C6H6. The molecule has 0 spiro atoms. The van der Waals surface area contributed by atoms with Crippen molar-refractivity contribution in [3.8, 4) is 11.8 Å². The van der Waals surface area contributed by atoms with E-state index in [1.165, 1.54) is 5.57 Å². The highest BCUT2D eigenvalue weighted by atomic mass is 13.9. The molecule has 0 atom stereocenters. The van der Waals surface area contributed by atoms with E-state index in [9.17, 15) is 0 Å². The van der Waals surface area contributed by atoms with E-state index in [1.807, 2.05) is 6.92 Å². The predicted octanol–water partition coefficient (Wildman–Crippen LogP) is 1.34. The third-order valence-corrected chi connectivity index (χ3v) is 0.876. The van der Waals surface area contributed by atoms with Gasteiger partial charge in [-0.25, -0.2) is 0 Å². The van der Waals surface area contributed by atoms with Crippen LogP contribution in [-0.4, -0.2) is 0 Å². The van der Waals surface area contributed by atoms with Crippen LogP contribution >= 0.6 is 0 Å². The molecule has 0 amide bonds. The highest BCUT2D eigenvalue weighted by Gasteiger charge is 1.91. The summed E-state index contributed by atoms with van der Waals surface area (Å²) in [5.74, 6) is 5.80. The Morgan fingerprint density at radius 1 is 1.83 bits per heavy atom. The molecule has 0 aromatic heterocycles. The molecule has 0 heterocycles. The first-order valence-corrected chi connectivity index (χ1v) is 2.07. The zero-order valence-electron chi connectivity index (χ0n) is 3.78. The molecule has 0 aromatic carbocycles. The summed E-state index contributed by atoms with van der Waals surface area (Å²) in [4.78, 5) is 0. The van der Waals surface area contributed by atoms with Crippen molar-refractivity contribution < 1.29 is 0 Å². The summed E-state index contributed by atoms with van der Waals surface area (Å²) >= 11 is 0. The van der Waals surface area contributed by atoms with Crippen LogP contribution in [0.2, 0.25) is 0 Å². The van der Waals surface area contributed by atoms with Crippen molar-refractivity contribution in [3.05, 3.63) is 11.6 Å². The second-order valence-corrected chi connectivity index (χ2v) is 1.29. The Morgan fingerprint density at radius 3 is 2.50 bits per heavy atom. The molecule has 1 rings (SSSR count). The summed E-state index contributed by atoms with van der Waals surface area (Å²) in [7, 11) is 0. The summed E-state index contributed by atoms with van der Waals surface area (Å²) in [6.45, 7) is 2.02. The molecule has 0 N–H and O–H groups in total. The Kier molecular flexibility index (Phi) is 0.686. The number of allylic oxidation sites excluding steroid dienone is 2. The molecule has 0 heteroatoms. The van der Waals surface area contributed by atoms with Gasteiger partial charge >= 0.3 is 0 Å². The van der Waals surface area contributed by atoms with Crippen LogP contribution in [0.1, 0.15) is 13.3 Å². The van der Waals surface area contributed by atoms with Gasteiger partial charge in [-0.15, -0.1) is 0 Å². The second-order valence-electron chi connectivity index (χ2n) is 1.29. The molecule has 30 valence electrons. The van der Waals surface area contributed by atoms with Gasteiger partial charge in [0.2, 0.25) is 0 Å². The van der Waals surface area contributed by atoms with E-state index in [0.29, 0.717) is 0 Å². The summed E-state index contributed by atoms with van der Waals surface area (Å²) in [6.07, 6.45) is 3.06. The van der Waals surface area contributed by atoms with Crippen molar-refractivity contribution in [3.63, 3.8) is 0 Å². The highest BCUT2D eigenvalue weighted by Crippen LogP contribution is 2.04. The number of hydrogen-bond donors (Lipinski definition) is 0. The minimum atomic E-state index is 1.01. The smallest absolute Gasteiger partial charge is 0.0420 e. The fourth-order valence-electron chi connectivity index (χ4n) is 0.365. The van der Waals surface area contributed by atoms with E-state index in [1.54, 1.807) is 0 Å². The van der Waals surface area contributed by atoms with Crippen LogP contribution in [0.5, 0.6) is 0 Å². The SMILES string of the molecule is CC=C1C#CC1. The van der Waals surface area contributed by atoms with Crippen LogP contribution in [0.15, 0.2) is 11.6 Å². The van der Waals surface area contributed by atoms with Gasteiger partial charge in [0.15, 0.2) is 0 Å². The van der Waals surface area contributed by atoms with E-state index in [-0.39, 0.29) is 0 Å². The van der Waals surface area contributed by atoms with Crippen molar-refractivity contribution in [1.29, 1.82) is 0 Å². The summed E-state index contributed by atoms with van der Waals surface area (Å²) in [5.41, 5.74) is 1.29. The predicted molar refractivity (Wildman–Crippen MR) is 26.1 cm³/mol. The van der Waals surface area contributed by atoms with E-state index >= 15 is 0 Å². The van der Waals surface area contributed by atoms with Gasteiger partial charge in [0, 0.05) is 12.0 Å². The maximum absolute atomic E-state index is 2.91. The largest absolute Gasteiger partial charge is 0.0927 e. The molecule has 0 nitrogen and oxygen atoms in total. The van der Waals surface area contributed by atoms with Gasteiger partial charge in [0.05, 0.1) is 0 Å². The Labute approximate surface area is 37.9 Å². The second kappa shape index (κ2) is 1.18. The van der Waals surface area contributed by atoms with Crippen LogP contribution in [0.25, 0.3) is 0 Å². The van der Waals surface area contributed by atoms with Crippen molar-refractivity contribution in [1.82, 2.24) is 0 Å². The summed E-state index contributed by atoms with van der Waals surface area (Å²) in [5, 5.41) is 0. The van der Waals surface area contributed by atoms with Crippen molar-refractivity contribution in [2.75, 3.05) is 0 Å². The quantitative estimate of drug-likeness (QED) is 0.383. The lowest BCUT2D eigenvalue weighted by atomic mass is 10.1. The molecule has 0 aromatic rings. The standard InChI is InChI=1S/C6H6/c1-2-6-4-3-5-6/h2H,4H2,1H3. The van der Waals surface area contributed by atoms with Crippen LogP contribution in [0.3, 0.4) is 0 Å². The van der Waals surface area contributed by atoms with Gasteiger partial charge in [0.25, 0.3) is 0 Å². The first kappa shape index (κ1) is 3.49. The van der Waals surface area contributed by atoms with Crippen LogP contribution in [-0.2, 0) is 0 Å². The first-order valence-electron chi connectivity index (χ1n) is 2.07. The van der Waals surface area contributed by atoms with Gasteiger partial charge in [-0.1, -0.05) is 17.9 Å². The first-order chi connectivity index (χ1) is 2.93. The topological polar surface area (TPSA) is 0 Å². The molecule has 1 aliphatic carbocycles. The summed E-state index contributed by atoms with van der Waals surface area (Å²) in [6, 6.07) is 0. The van der Waals surface area contributed by atoms with E-state index in [2.05, 4.69) is 17.9 Å². The molecule has 0 saturated carbocycles. The summed E-state index contributed by atoms with van der Waals surface area (Å²) < 4.78 is 0. The monoisotopic (exact) mass is 78.0 g/mol. The van der Waals surface area contributed by atoms with Crippen LogP contribution < -0.4 is 0 Å². The molecule has 0 fully saturated rings. The maximum atomic E-state index is 2.91.